The number of rotatable bonds is 9. The molecule has 28 heavy (non-hydrogen) atoms. The second-order valence-corrected chi connectivity index (χ2v) is 5.79. The predicted octanol–water partition coefficient (Wildman–Crippen LogP) is 2.99. The maximum Gasteiger partial charge on any atom is 0.344 e. The molecule has 0 aliphatic rings. The van der Waals surface area contributed by atoms with Gasteiger partial charge in [0, 0.05) is 5.69 Å². The summed E-state index contributed by atoms with van der Waals surface area (Å²) < 4.78 is 15.1. The smallest absolute Gasteiger partial charge is 0.344 e. The highest BCUT2D eigenvalue weighted by atomic mass is 16.6. The van der Waals surface area contributed by atoms with Gasteiger partial charge >= 0.3 is 11.9 Å². The standard InChI is InChI=1S/C21H23NO6/c1-3-15-5-11-18(12-6-15)27-14-20(24)28-13-19(23)22-17-9-7-16(8-10-17)21(25)26-4-2/h5-12H,3-4,13-14H2,1-2H3,(H,22,23). The number of ether oxygens (including phenoxy) is 3. The molecule has 2 rings (SSSR count). The van der Waals surface area contributed by atoms with E-state index in [9.17, 15) is 14.4 Å². The van der Waals surface area contributed by atoms with Crippen LogP contribution in [0.1, 0.15) is 29.8 Å². The molecule has 148 valence electrons. The van der Waals surface area contributed by atoms with E-state index in [0.29, 0.717) is 17.0 Å². The quantitative estimate of drug-likeness (QED) is 0.668. The summed E-state index contributed by atoms with van der Waals surface area (Å²) in [4.78, 5) is 35.1. The zero-order valence-corrected chi connectivity index (χ0v) is 15.9. The molecule has 2 aromatic carbocycles. The van der Waals surface area contributed by atoms with Gasteiger partial charge in [0.15, 0.2) is 13.2 Å². The summed E-state index contributed by atoms with van der Waals surface area (Å²) in [5.41, 5.74) is 2.03. The minimum Gasteiger partial charge on any atom is -0.482 e. The Kier molecular flexibility index (Phi) is 8.02. The molecule has 0 saturated carbocycles. The first kappa shape index (κ1) is 21.0. The van der Waals surface area contributed by atoms with Crippen molar-refractivity contribution in [3.05, 3.63) is 59.7 Å². The molecule has 0 aliphatic carbocycles. The Bertz CT molecular complexity index is 799. The van der Waals surface area contributed by atoms with Crippen LogP contribution in [0.5, 0.6) is 5.75 Å². The highest BCUT2D eigenvalue weighted by Crippen LogP contribution is 2.13. The summed E-state index contributed by atoms with van der Waals surface area (Å²) in [6, 6.07) is 13.6. The van der Waals surface area contributed by atoms with Crippen LogP contribution in [0.2, 0.25) is 0 Å². The van der Waals surface area contributed by atoms with Crippen LogP contribution in [0.3, 0.4) is 0 Å². The lowest BCUT2D eigenvalue weighted by Gasteiger charge is -2.09. The highest BCUT2D eigenvalue weighted by molar-refractivity contribution is 5.94. The molecule has 2 aromatic rings. The summed E-state index contributed by atoms with van der Waals surface area (Å²) in [6.07, 6.45) is 0.920. The van der Waals surface area contributed by atoms with Crippen molar-refractivity contribution in [2.45, 2.75) is 20.3 Å². The molecule has 0 atom stereocenters. The number of carbonyl (C=O) groups is 3. The first-order valence-corrected chi connectivity index (χ1v) is 8.96. The van der Waals surface area contributed by atoms with Crippen molar-refractivity contribution in [3.63, 3.8) is 0 Å². The van der Waals surface area contributed by atoms with Gasteiger partial charge in [0.25, 0.3) is 5.91 Å². The van der Waals surface area contributed by atoms with Gasteiger partial charge in [0.2, 0.25) is 0 Å². The molecule has 0 aliphatic heterocycles. The number of amides is 1. The van der Waals surface area contributed by atoms with Gasteiger partial charge in [0.05, 0.1) is 12.2 Å². The molecular formula is C21H23NO6. The molecule has 0 fully saturated rings. The second-order valence-electron chi connectivity index (χ2n) is 5.79. The Labute approximate surface area is 163 Å². The van der Waals surface area contributed by atoms with Gasteiger partial charge in [-0.1, -0.05) is 19.1 Å². The average Bonchev–Trinajstić information content (AvgIpc) is 2.71. The number of hydrogen-bond acceptors (Lipinski definition) is 6. The van der Waals surface area contributed by atoms with Crippen LogP contribution in [0, 0.1) is 0 Å². The third kappa shape index (κ3) is 6.75. The van der Waals surface area contributed by atoms with E-state index < -0.39 is 24.5 Å². The maximum atomic E-state index is 11.9. The molecule has 0 radical (unpaired) electrons. The normalized spacial score (nSPS) is 10.1. The number of benzene rings is 2. The molecule has 0 bridgehead atoms. The molecule has 1 amide bonds. The Hall–Kier alpha value is -3.35. The van der Waals surface area contributed by atoms with E-state index >= 15 is 0 Å². The van der Waals surface area contributed by atoms with Crippen LogP contribution < -0.4 is 10.1 Å². The lowest BCUT2D eigenvalue weighted by Crippen LogP contribution is -2.23. The van der Waals surface area contributed by atoms with Crippen molar-refractivity contribution in [1.29, 1.82) is 0 Å². The Balaban J connectivity index is 1.72. The van der Waals surface area contributed by atoms with Gasteiger partial charge in [-0.2, -0.15) is 0 Å². The first-order chi connectivity index (χ1) is 13.5. The van der Waals surface area contributed by atoms with Gasteiger partial charge in [-0.05, 0) is 55.3 Å². The molecular weight excluding hydrogens is 362 g/mol. The third-order valence-electron chi connectivity index (χ3n) is 3.73. The van der Waals surface area contributed by atoms with E-state index in [4.69, 9.17) is 14.2 Å². The molecule has 7 nitrogen and oxygen atoms in total. The van der Waals surface area contributed by atoms with Crippen molar-refractivity contribution in [3.8, 4) is 5.75 Å². The number of hydrogen-bond donors (Lipinski definition) is 1. The van der Waals surface area contributed by atoms with Crippen molar-refractivity contribution >= 4 is 23.5 Å². The van der Waals surface area contributed by atoms with E-state index in [2.05, 4.69) is 5.32 Å². The van der Waals surface area contributed by atoms with E-state index in [-0.39, 0.29) is 13.2 Å². The lowest BCUT2D eigenvalue weighted by atomic mass is 10.2. The van der Waals surface area contributed by atoms with Crippen molar-refractivity contribution < 1.29 is 28.6 Å². The number of aryl methyl sites for hydroxylation is 1. The Morgan fingerprint density at radius 3 is 2.14 bits per heavy atom. The fourth-order valence-corrected chi connectivity index (χ4v) is 2.25. The fraction of sp³-hybridized carbons (Fsp3) is 0.286. The van der Waals surface area contributed by atoms with Crippen LogP contribution in [0.4, 0.5) is 5.69 Å². The van der Waals surface area contributed by atoms with Gasteiger partial charge in [-0.25, -0.2) is 9.59 Å². The number of anilines is 1. The zero-order chi connectivity index (χ0) is 20.4. The largest absolute Gasteiger partial charge is 0.482 e. The maximum absolute atomic E-state index is 11.9. The van der Waals surface area contributed by atoms with E-state index in [1.165, 1.54) is 17.7 Å². The van der Waals surface area contributed by atoms with Gasteiger partial charge in [-0.15, -0.1) is 0 Å². The Morgan fingerprint density at radius 1 is 0.857 bits per heavy atom. The molecule has 0 heterocycles. The predicted molar refractivity (Wildman–Crippen MR) is 103 cm³/mol. The highest BCUT2D eigenvalue weighted by Gasteiger charge is 2.10. The van der Waals surface area contributed by atoms with Crippen molar-refractivity contribution in [1.82, 2.24) is 0 Å². The lowest BCUT2D eigenvalue weighted by molar-refractivity contribution is -0.149. The Morgan fingerprint density at radius 2 is 1.54 bits per heavy atom. The van der Waals surface area contributed by atoms with E-state index in [1.807, 2.05) is 19.1 Å². The average molecular weight is 385 g/mol. The van der Waals surface area contributed by atoms with Gasteiger partial charge in [-0.3, -0.25) is 4.79 Å². The van der Waals surface area contributed by atoms with Crippen molar-refractivity contribution in [2.24, 2.45) is 0 Å². The number of carbonyl (C=O) groups excluding carboxylic acids is 3. The molecule has 1 N–H and O–H groups in total. The topological polar surface area (TPSA) is 90.9 Å². The second kappa shape index (κ2) is 10.7. The molecule has 0 aromatic heterocycles. The van der Waals surface area contributed by atoms with E-state index in [0.717, 1.165) is 6.42 Å². The molecule has 0 unspecified atom stereocenters. The summed E-state index contributed by atoms with van der Waals surface area (Å²) in [7, 11) is 0. The summed E-state index contributed by atoms with van der Waals surface area (Å²) in [6.45, 7) is 3.34. The molecule has 7 heteroatoms. The minimum atomic E-state index is -0.646. The SMILES string of the molecule is CCOC(=O)c1ccc(NC(=O)COC(=O)COc2ccc(CC)cc2)cc1. The van der Waals surface area contributed by atoms with Gasteiger partial charge < -0.3 is 19.5 Å². The third-order valence-corrected chi connectivity index (χ3v) is 3.73. The molecule has 0 spiro atoms. The zero-order valence-electron chi connectivity index (χ0n) is 15.9. The van der Waals surface area contributed by atoms with E-state index in [1.54, 1.807) is 31.2 Å². The molecule has 0 saturated heterocycles. The van der Waals surface area contributed by atoms with Gasteiger partial charge in [0.1, 0.15) is 5.75 Å². The summed E-state index contributed by atoms with van der Waals surface area (Å²) in [5, 5.41) is 2.57. The number of nitrogens with one attached hydrogen (secondary N) is 1. The van der Waals surface area contributed by atoms with Crippen LogP contribution in [0.15, 0.2) is 48.5 Å². The minimum absolute atomic E-state index is 0.285. The summed E-state index contributed by atoms with van der Waals surface area (Å²) >= 11 is 0. The van der Waals surface area contributed by atoms with Crippen LogP contribution in [-0.4, -0.2) is 37.7 Å². The van der Waals surface area contributed by atoms with Crippen molar-refractivity contribution in [2.75, 3.05) is 25.1 Å². The number of esters is 2. The summed E-state index contributed by atoms with van der Waals surface area (Å²) in [5.74, 6) is -1.02. The van der Waals surface area contributed by atoms with Crippen LogP contribution in [-0.2, 0) is 25.5 Å². The monoisotopic (exact) mass is 385 g/mol. The first-order valence-electron chi connectivity index (χ1n) is 8.96. The van der Waals surface area contributed by atoms with Crippen LogP contribution >= 0.6 is 0 Å². The fourth-order valence-electron chi connectivity index (χ4n) is 2.25. The van der Waals surface area contributed by atoms with Crippen LogP contribution in [0.25, 0.3) is 0 Å².